The lowest BCUT2D eigenvalue weighted by Crippen LogP contribution is -2.05. The highest BCUT2D eigenvalue weighted by Crippen LogP contribution is 2.30. The molecular weight excluding hydrogens is 160 g/mol. The van der Waals surface area contributed by atoms with Gasteiger partial charge >= 0.3 is 0 Å². The van der Waals surface area contributed by atoms with Gasteiger partial charge in [0.15, 0.2) is 0 Å². The van der Waals surface area contributed by atoms with E-state index in [9.17, 15) is 0 Å². The minimum Gasteiger partial charge on any atom is -0.490 e. The largest absolute Gasteiger partial charge is 0.490 e. The summed E-state index contributed by atoms with van der Waals surface area (Å²) < 4.78 is 5.50. The van der Waals surface area contributed by atoms with Crippen molar-refractivity contribution in [2.24, 2.45) is 0 Å². The van der Waals surface area contributed by atoms with Gasteiger partial charge in [0.2, 0.25) is 0 Å². The summed E-state index contributed by atoms with van der Waals surface area (Å²) in [5.74, 6) is 0.949. The first-order valence-electron chi connectivity index (χ1n) is 3.71. The lowest BCUT2D eigenvalue weighted by atomic mass is 10.1. The van der Waals surface area contributed by atoms with Crippen molar-refractivity contribution in [2.75, 3.05) is 0 Å². The van der Waals surface area contributed by atoms with Crippen LogP contribution in [0.3, 0.4) is 0 Å². The molecule has 1 nitrogen and oxygen atoms in total. The molecule has 0 N–H and O–H groups in total. The molecule has 0 saturated heterocycles. The molecule has 0 saturated carbocycles. The van der Waals surface area contributed by atoms with E-state index in [1.54, 1.807) is 0 Å². The smallest absolute Gasteiger partial charge is 0.124 e. The van der Waals surface area contributed by atoms with E-state index in [0.717, 1.165) is 17.2 Å². The Hall–Kier alpha value is -0.690. The van der Waals surface area contributed by atoms with Crippen LogP contribution < -0.4 is 4.74 Å². The molecule has 58 valence electrons. The van der Waals surface area contributed by atoms with Crippen LogP contribution >= 0.6 is 11.6 Å². The van der Waals surface area contributed by atoms with Crippen LogP contribution in [0.5, 0.6) is 5.75 Å². The van der Waals surface area contributed by atoms with E-state index < -0.39 is 0 Å². The fourth-order valence-electron chi connectivity index (χ4n) is 1.37. The Morgan fingerprint density at radius 1 is 1.55 bits per heavy atom. The number of benzene rings is 1. The average Bonchev–Trinajstić information content (AvgIpc) is 2.27. The van der Waals surface area contributed by atoms with E-state index in [2.05, 4.69) is 6.92 Å². The topological polar surface area (TPSA) is 9.23 Å². The van der Waals surface area contributed by atoms with Crippen LogP contribution in [0.25, 0.3) is 0 Å². The minimum atomic E-state index is 0.309. The lowest BCUT2D eigenvalue weighted by Gasteiger charge is -2.01. The number of halogens is 1. The highest BCUT2D eigenvalue weighted by molar-refractivity contribution is 6.30. The second kappa shape index (κ2) is 2.42. The zero-order valence-corrected chi connectivity index (χ0v) is 7.06. The first kappa shape index (κ1) is 6.99. The van der Waals surface area contributed by atoms with Crippen molar-refractivity contribution in [1.29, 1.82) is 0 Å². The molecule has 1 aromatic carbocycles. The number of ether oxygens (including phenoxy) is 1. The van der Waals surface area contributed by atoms with E-state index in [1.165, 1.54) is 5.56 Å². The molecule has 0 spiro atoms. The second-order valence-corrected chi connectivity index (χ2v) is 3.32. The molecule has 0 aliphatic carbocycles. The Labute approximate surface area is 70.9 Å². The third-order valence-electron chi connectivity index (χ3n) is 1.86. The molecule has 1 aliphatic heterocycles. The van der Waals surface area contributed by atoms with Crippen molar-refractivity contribution in [3.05, 3.63) is 28.8 Å². The summed E-state index contributed by atoms with van der Waals surface area (Å²) in [6.45, 7) is 2.06. The number of hydrogen-bond acceptors (Lipinski definition) is 1. The Morgan fingerprint density at radius 3 is 3.18 bits per heavy atom. The monoisotopic (exact) mass is 168 g/mol. The molecule has 2 rings (SSSR count). The molecule has 0 radical (unpaired) electrons. The fraction of sp³-hybridized carbons (Fsp3) is 0.333. The van der Waals surface area contributed by atoms with Gasteiger partial charge in [0.25, 0.3) is 0 Å². The van der Waals surface area contributed by atoms with Crippen molar-refractivity contribution in [3.8, 4) is 5.75 Å². The molecule has 2 heteroatoms. The van der Waals surface area contributed by atoms with Crippen LogP contribution in [0.2, 0.25) is 5.02 Å². The molecule has 0 bridgehead atoms. The van der Waals surface area contributed by atoms with Gasteiger partial charge in [-0.3, -0.25) is 0 Å². The molecular formula is C9H9ClO. The molecule has 0 aromatic heterocycles. The third-order valence-corrected chi connectivity index (χ3v) is 2.10. The van der Waals surface area contributed by atoms with Crippen LogP contribution in [0, 0.1) is 0 Å². The van der Waals surface area contributed by atoms with Crippen molar-refractivity contribution in [1.82, 2.24) is 0 Å². The molecule has 1 atom stereocenters. The molecule has 1 unspecified atom stereocenters. The van der Waals surface area contributed by atoms with E-state index in [-0.39, 0.29) is 0 Å². The Balaban J connectivity index is 2.43. The SMILES string of the molecule is CC1Cc2ccc(Cl)cc2O1. The van der Waals surface area contributed by atoms with Gasteiger partial charge in [0.1, 0.15) is 11.9 Å². The maximum Gasteiger partial charge on any atom is 0.124 e. The number of hydrogen-bond donors (Lipinski definition) is 0. The quantitative estimate of drug-likeness (QED) is 0.579. The van der Waals surface area contributed by atoms with Gasteiger partial charge in [0, 0.05) is 11.4 Å². The van der Waals surface area contributed by atoms with Crippen molar-refractivity contribution in [3.63, 3.8) is 0 Å². The van der Waals surface area contributed by atoms with E-state index in [1.807, 2.05) is 18.2 Å². The number of rotatable bonds is 0. The first-order chi connectivity index (χ1) is 5.25. The summed E-state index contributed by atoms with van der Waals surface area (Å²) in [6, 6.07) is 5.81. The molecule has 0 amide bonds. The van der Waals surface area contributed by atoms with Gasteiger partial charge in [0.05, 0.1) is 0 Å². The van der Waals surface area contributed by atoms with Gasteiger partial charge in [-0.15, -0.1) is 0 Å². The van der Waals surface area contributed by atoms with E-state index in [4.69, 9.17) is 16.3 Å². The zero-order chi connectivity index (χ0) is 7.84. The van der Waals surface area contributed by atoms with Gasteiger partial charge in [-0.25, -0.2) is 0 Å². The highest BCUT2D eigenvalue weighted by atomic mass is 35.5. The van der Waals surface area contributed by atoms with Crippen molar-refractivity contribution in [2.45, 2.75) is 19.4 Å². The zero-order valence-electron chi connectivity index (χ0n) is 6.30. The molecule has 11 heavy (non-hydrogen) atoms. The lowest BCUT2D eigenvalue weighted by molar-refractivity contribution is 0.254. The van der Waals surface area contributed by atoms with Crippen molar-refractivity contribution < 1.29 is 4.74 Å². The van der Waals surface area contributed by atoms with Gasteiger partial charge in [-0.2, -0.15) is 0 Å². The third kappa shape index (κ3) is 1.21. The maximum atomic E-state index is 5.79. The maximum absolute atomic E-state index is 5.79. The normalized spacial score (nSPS) is 21.1. The van der Waals surface area contributed by atoms with Gasteiger partial charge in [-0.05, 0) is 24.6 Å². The highest BCUT2D eigenvalue weighted by Gasteiger charge is 2.18. The summed E-state index contributed by atoms with van der Waals surface area (Å²) in [5.41, 5.74) is 1.27. The Morgan fingerprint density at radius 2 is 2.36 bits per heavy atom. The second-order valence-electron chi connectivity index (χ2n) is 2.88. The fourth-order valence-corrected chi connectivity index (χ4v) is 1.54. The summed E-state index contributed by atoms with van der Waals surface area (Å²) in [5, 5.41) is 0.748. The summed E-state index contributed by atoms with van der Waals surface area (Å²) >= 11 is 5.79. The molecule has 1 aliphatic rings. The molecule has 0 fully saturated rings. The van der Waals surface area contributed by atoms with Gasteiger partial charge < -0.3 is 4.74 Å². The molecule has 1 heterocycles. The average molecular weight is 169 g/mol. The van der Waals surface area contributed by atoms with Crippen LogP contribution in [0.1, 0.15) is 12.5 Å². The Bertz CT molecular complexity index is 283. The summed E-state index contributed by atoms with van der Waals surface area (Å²) in [4.78, 5) is 0. The Kier molecular flexibility index (Phi) is 1.53. The summed E-state index contributed by atoms with van der Waals surface area (Å²) in [6.07, 6.45) is 1.32. The van der Waals surface area contributed by atoms with Crippen LogP contribution in [0.4, 0.5) is 0 Å². The van der Waals surface area contributed by atoms with Crippen molar-refractivity contribution >= 4 is 11.6 Å². The minimum absolute atomic E-state index is 0.309. The predicted molar refractivity (Wildman–Crippen MR) is 45.2 cm³/mol. The van der Waals surface area contributed by atoms with E-state index in [0.29, 0.717) is 6.10 Å². The van der Waals surface area contributed by atoms with Crippen LogP contribution in [-0.4, -0.2) is 6.10 Å². The summed E-state index contributed by atoms with van der Waals surface area (Å²) in [7, 11) is 0. The standard InChI is InChI=1S/C9H9ClO/c1-6-4-7-2-3-8(10)5-9(7)11-6/h2-3,5-6H,4H2,1H3. The van der Waals surface area contributed by atoms with Gasteiger partial charge in [-0.1, -0.05) is 17.7 Å². The van der Waals surface area contributed by atoms with E-state index >= 15 is 0 Å². The van der Waals surface area contributed by atoms with Crippen LogP contribution in [0.15, 0.2) is 18.2 Å². The predicted octanol–water partition coefficient (Wildman–Crippen LogP) is 2.66. The number of fused-ring (bicyclic) bond motifs is 1. The molecule has 1 aromatic rings. The first-order valence-corrected chi connectivity index (χ1v) is 4.08. The van der Waals surface area contributed by atoms with Crippen LogP contribution in [-0.2, 0) is 6.42 Å².